The lowest BCUT2D eigenvalue weighted by Crippen LogP contribution is -2.47. The number of carbonyl (C=O) groups is 3. The molecule has 1 rings (SSSR count). The third-order valence-electron chi connectivity index (χ3n) is 2.70. The molecule has 0 saturated heterocycles. The van der Waals surface area contributed by atoms with Crippen LogP contribution >= 0.6 is 0 Å². The molecule has 0 radical (unpaired) electrons. The summed E-state index contributed by atoms with van der Waals surface area (Å²) in [7, 11) is 0. The van der Waals surface area contributed by atoms with E-state index in [1.54, 1.807) is 38.1 Å². The van der Waals surface area contributed by atoms with Gasteiger partial charge in [0.2, 0.25) is 11.8 Å². The fourth-order valence-electron chi connectivity index (χ4n) is 1.58. The summed E-state index contributed by atoms with van der Waals surface area (Å²) >= 11 is 0. The van der Waals surface area contributed by atoms with Gasteiger partial charge in [-0.3, -0.25) is 14.4 Å². The van der Waals surface area contributed by atoms with E-state index in [2.05, 4.69) is 16.0 Å². The summed E-state index contributed by atoms with van der Waals surface area (Å²) in [5.74, 6) is -1.08. The van der Waals surface area contributed by atoms with Gasteiger partial charge in [0.25, 0.3) is 5.91 Å². The smallest absolute Gasteiger partial charge is 0.251 e. The molecular formula is C14H20N4O3. The Morgan fingerprint density at radius 3 is 2.33 bits per heavy atom. The van der Waals surface area contributed by atoms with Crippen LogP contribution in [0, 0.1) is 0 Å². The quantitative estimate of drug-likeness (QED) is 0.536. The molecule has 1 unspecified atom stereocenters. The van der Waals surface area contributed by atoms with Crippen molar-refractivity contribution in [1.29, 1.82) is 0 Å². The molecule has 0 spiro atoms. The zero-order chi connectivity index (χ0) is 15.8. The molecule has 1 atom stereocenters. The van der Waals surface area contributed by atoms with Crippen LogP contribution in [0.1, 0.15) is 24.2 Å². The Morgan fingerprint density at radius 1 is 1.14 bits per heavy atom. The molecule has 0 aliphatic carbocycles. The van der Waals surface area contributed by atoms with E-state index in [1.165, 1.54) is 0 Å². The molecule has 1 aromatic carbocycles. The Kier molecular flexibility index (Phi) is 6.19. The van der Waals surface area contributed by atoms with Crippen molar-refractivity contribution in [2.24, 2.45) is 0 Å². The number of rotatable bonds is 6. The van der Waals surface area contributed by atoms with Gasteiger partial charge in [-0.25, -0.2) is 0 Å². The molecule has 3 amide bonds. The van der Waals surface area contributed by atoms with Crippen LogP contribution < -0.4 is 21.7 Å². The lowest BCUT2D eigenvalue weighted by atomic mass is 10.2. The first kappa shape index (κ1) is 16.5. The summed E-state index contributed by atoms with van der Waals surface area (Å²) in [5.41, 5.74) is 6.49. The van der Waals surface area contributed by atoms with Gasteiger partial charge in [0.15, 0.2) is 0 Å². The monoisotopic (exact) mass is 292 g/mol. The number of hydrogen-bond donors (Lipinski definition) is 4. The van der Waals surface area contributed by atoms with Gasteiger partial charge in [-0.15, -0.1) is 0 Å². The fourth-order valence-corrected chi connectivity index (χ4v) is 1.58. The Hall–Kier alpha value is -2.57. The first-order valence-electron chi connectivity index (χ1n) is 6.64. The summed E-state index contributed by atoms with van der Waals surface area (Å²) in [6, 6.07) is 5.70. The van der Waals surface area contributed by atoms with E-state index >= 15 is 0 Å². The number of anilines is 1. The highest BCUT2D eigenvalue weighted by Gasteiger charge is 2.15. The Balaban J connectivity index is 2.40. The number of amides is 3. The molecule has 0 aliphatic rings. The predicted octanol–water partition coefficient (Wildman–Crippen LogP) is -0.361. The third kappa shape index (κ3) is 5.52. The van der Waals surface area contributed by atoms with Crippen molar-refractivity contribution in [1.82, 2.24) is 16.0 Å². The molecule has 114 valence electrons. The number of nitrogen functional groups attached to an aromatic ring is 1. The lowest BCUT2D eigenvalue weighted by Gasteiger charge is -2.13. The van der Waals surface area contributed by atoms with Crippen molar-refractivity contribution in [2.75, 3.05) is 18.8 Å². The van der Waals surface area contributed by atoms with Crippen molar-refractivity contribution >= 4 is 23.4 Å². The summed E-state index contributed by atoms with van der Waals surface area (Å²) in [5, 5.41) is 7.56. The van der Waals surface area contributed by atoms with Crippen molar-refractivity contribution in [2.45, 2.75) is 19.9 Å². The average molecular weight is 292 g/mol. The van der Waals surface area contributed by atoms with Gasteiger partial charge in [-0.05, 0) is 38.1 Å². The van der Waals surface area contributed by atoms with Crippen LogP contribution in [-0.2, 0) is 9.59 Å². The maximum absolute atomic E-state index is 11.8. The number of likely N-dealkylation sites (N-methyl/N-ethyl adjacent to an activating group) is 1. The first-order valence-corrected chi connectivity index (χ1v) is 6.64. The summed E-state index contributed by atoms with van der Waals surface area (Å²) in [4.78, 5) is 34.8. The summed E-state index contributed by atoms with van der Waals surface area (Å²) < 4.78 is 0. The molecule has 7 nitrogen and oxygen atoms in total. The van der Waals surface area contributed by atoms with E-state index in [0.29, 0.717) is 17.8 Å². The number of nitrogens with two attached hydrogens (primary N) is 1. The van der Waals surface area contributed by atoms with E-state index in [1.807, 2.05) is 0 Å². The zero-order valence-electron chi connectivity index (χ0n) is 12.1. The van der Waals surface area contributed by atoms with Crippen molar-refractivity contribution < 1.29 is 14.4 Å². The van der Waals surface area contributed by atoms with Gasteiger partial charge in [0, 0.05) is 17.8 Å². The fraction of sp³-hybridized carbons (Fsp3) is 0.357. The normalized spacial score (nSPS) is 11.3. The average Bonchev–Trinajstić information content (AvgIpc) is 2.45. The standard InChI is InChI=1S/C14H20N4O3/c1-3-16-13(20)9(2)18-12(19)8-17-14(21)10-4-6-11(15)7-5-10/h4-7,9H,3,8,15H2,1-2H3,(H,16,20)(H,17,21)(H,18,19). The SMILES string of the molecule is CCNC(=O)C(C)NC(=O)CNC(=O)c1ccc(N)cc1. The number of carbonyl (C=O) groups excluding carboxylic acids is 3. The molecule has 0 aromatic heterocycles. The van der Waals surface area contributed by atoms with E-state index in [0.717, 1.165) is 0 Å². The Labute approximate surface area is 123 Å². The molecule has 7 heteroatoms. The van der Waals surface area contributed by atoms with Gasteiger partial charge in [-0.1, -0.05) is 0 Å². The molecule has 21 heavy (non-hydrogen) atoms. The number of hydrogen-bond acceptors (Lipinski definition) is 4. The second-order valence-electron chi connectivity index (χ2n) is 4.49. The highest BCUT2D eigenvalue weighted by atomic mass is 16.2. The first-order chi connectivity index (χ1) is 9.93. The molecule has 0 fully saturated rings. The minimum Gasteiger partial charge on any atom is -0.399 e. The van der Waals surface area contributed by atoms with Crippen LogP contribution in [0.3, 0.4) is 0 Å². The molecule has 1 aromatic rings. The van der Waals surface area contributed by atoms with E-state index in [9.17, 15) is 14.4 Å². The molecule has 0 bridgehead atoms. The summed E-state index contributed by atoms with van der Waals surface area (Å²) in [6.07, 6.45) is 0. The molecule has 0 saturated carbocycles. The van der Waals surface area contributed by atoms with Gasteiger partial charge in [-0.2, -0.15) is 0 Å². The molecule has 0 aliphatic heterocycles. The van der Waals surface area contributed by atoms with Gasteiger partial charge in [0.1, 0.15) is 6.04 Å². The van der Waals surface area contributed by atoms with Crippen LogP contribution in [-0.4, -0.2) is 36.9 Å². The third-order valence-corrected chi connectivity index (χ3v) is 2.70. The number of benzene rings is 1. The molecule has 0 heterocycles. The second kappa shape index (κ2) is 7.88. The highest BCUT2D eigenvalue weighted by molar-refractivity contribution is 5.97. The van der Waals surface area contributed by atoms with Crippen LogP contribution in [0.5, 0.6) is 0 Å². The zero-order valence-corrected chi connectivity index (χ0v) is 12.1. The van der Waals surface area contributed by atoms with Gasteiger partial charge >= 0.3 is 0 Å². The predicted molar refractivity (Wildman–Crippen MR) is 79.5 cm³/mol. The van der Waals surface area contributed by atoms with Crippen molar-refractivity contribution in [3.8, 4) is 0 Å². The van der Waals surface area contributed by atoms with Crippen molar-refractivity contribution in [3.05, 3.63) is 29.8 Å². The Bertz CT molecular complexity index is 513. The maximum Gasteiger partial charge on any atom is 0.251 e. The Morgan fingerprint density at radius 2 is 1.76 bits per heavy atom. The van der Waals surface area contributed by atoms with Gasteiger partial charge < -0.3 is 21.7 Å². The maximum atomic E-state index is 11.8. The van der Waals surface area contributed by atoms with E-state index in [-0.39, 0.29) is 18.4 Å². The minimum absolute atomic E-state index is 0.201. The van der Waals surface area contributed by atoms with Crippen LogP contribution in [0.15, 0.2) is 24.3 Å². The minimum atomic E-state index is -0.647. The van der Waals surface area contributed by atoms with E-state index in [4.69, 9.17) is 5.73 Å². The van der Waals surface area contributed by atoms with E-state index < -0.39 is 11.9 Å². The van der Waals surface area contributed by atoms with Crippen LogP contribution in [0.4, 0.5) is 5.69 Å². The van der Waals surface area contributed by atoms with Gasteiger partial charge in [0.05, 0.1) is 6.54 Å². The topological polar surface area (TPSA) is 113 Å². The largest absolute Gasteiger partial charge is 0.399 e. The lowest BCUT2D eigenvalue weighted by molar-refractivity contribution is -0.128. The molecular weight excluding hydrogens is 272 g/mol. The molecule has 5 N–H and O–H groups in total. The summed E-state index contributed by atoms with van der Waals surface area (Å²) in [6.45, 7) is 3.66. The van der Waals surface area contributed by atoms with Crippen molar-refractivity contribution in [3.63, 3.8) is 0 Å². The van der Waals surface area contributed by atoms with Crippen LogP contribution in [0.2, 0.25) is 0 Å². The number of nitrogens with one attached hydrogen (secondary N) is 3. The highest BCUT2D eigenvalue weighted by Crippen LogP contribution is 2.04. The second-order valence-corrected chi connectivity index (χ2v) is 4.49. The van der Waals surface area contributed by atoms with Crippen LogP contribution in [0.25, 0.3) is 0 Å².